The molecular formula is C13H17ClO3. The summed E-state index contributed by atoms with van der Waals surface area (Å²) < 4.78 is 11.0. The van der Waals surface area contributed by atoms with Gasteiger partial charge in [-0.15, -0.1) is 0 Å². The van der Waals surface area contributed by atoms with Crippen LogP contribution in [-0.4, -0.2) is 19.5 Å². The molecule has 0 N–H and O–H groups in total. The summed E-state index contributed by atoms with van der Waals surface area (Å²) in [6.07, 6.45) is 2.70. The summed E-state index contributed by atoms with van der Waals surface area (Å²) in [5, 5.41) is 0.471. The summed E-state index contributed by atoms with van der Waals surface area (Å²) in [7, 11) is 0. The van der Waals surface area contributed by atoms with Gasteiger partial charge in [0, 0.05) is 11.1 Å². The number of aldehydes is 1. The molecule has 17 heavy (non-hydrogen) atoms. The van der Waals surface area contributed by atoms with Crippen molar-refractivity contribution in [1.82, 2.24) is 0 Å². The number of ether oxygens (including phenoxy) is 2. The van der Waals surface area contributed by atoms with E-state index in [0.717, 1.165) is 19.1 Å². The van der Waals surface area contributed by atoms with Gasteiger partial charge in [-0.25, -0.2) is 0 Å². The molecule has 0 aliphatic heterocycles. The van der Waals surface area contributed by atoms with Gasteiger partial charge in [0.1, 0.15) is 0 Å². The second-order valence-corrected chi connectivity index (χ2v) is 4.01. The Hall–Kier alpha value is -1.22. The van der Waals surface area contributed by atoms with Crippen molar-refractivity contribution in [3.05, 3.63) is 22.7 Å². The predicted octanol–water partition coefficient (Wildman–Crippen LogP) is 3.73. The van der Waals surface area contributed by atoms with E-state index in [9.17, 15) is 4.79 Å². The molecule has 94 valence electrons. The average Bonchev–Trinajstić information content (AvgIpc) is 2.31. The van der Waals surface area contributed by atoms with Crippen molar-refractivity contribution in [2.75, 3.05) is 13.2 Å². The highest BCUT2D eigenvalue weighted by molar-refractivity contribution is 6.31. The van der Waals surface area contributed by atoms with Crippen molar-refractivity contribution in [2.45, 2.75) is 26.7 Å². The van der Waals surface area contributed by atoms with Gasteiger partial charge in [0.15, 0.2) is 17.8 Å². The van der Waals surface area contributed by atoms with Gasteiger partial charge in [0.2, 0.25) is 0 Å². The van der Waals surface area contributed by atoms with Gasteiger partial charge in [-0.1, -0.05) is 24.9 Å². The molecule has 0 atom stereocenters. The highest BCUT2D eigenvalue weighted by Crippen LogP contribution is 2.34. The fraction of sp³-hybridized carbons (Fsp3) is 0.462. The zero-order chi connectivity index (χ0) is 12.7. The van der Waals surface area contributed by atoms with Crippen LogP contribution in [0.15, 0.2) is 12.1 Å². The van der Waals surface area contributed by atoms with E-state index in [1.807, 2.05) is 6.92 Å². The number of unbranched alkanes of at least 4 members (excludes halogenated alkanes) is 1. The normalized spacial score (nSPS) is 10.1. The van der Waals surface area contributed by atoms with E-state index in [2.05, 4.69) is 6.92 Å². The standard InChI is InChI=1S/C13H17ClO3/c1-3-5-6-17-13-10(9-15)7-11(14)8-12(13)16-4-2/h7-9H,3-6H2,1-2H3. The van der Waals surface area contributed by atoms with Crippen molar-refractivity contribution < 1.29 is 14.3 Å². The van der Waals surface area contributed by atoms with Crippen molar-refractivity contribution in [1.29, 1.82) is 0 Å². The molecule has 1 aromatic carbocycles. The van der Waals surface area contributed by atoms with Gasteiger partial charge in [0.25, 0.3) is 0 Å². The Morgan fingerprint density at radius 3 is 2.65 bits per heavy atom. The lowest BCUT2D eigenvalue weighted by Gasteiger charge is -2.14. The molecule has 4 heteroatoms. The number of halogens is 1. The molecule has 0 radical (unpaired) electrons. The molecule has 1 aromatic rings. The van der Waals surface area contributed by atoms with Gasteiger partial charge in [-0.05, 0) is 19.4 Å². The Morgan fingerprint density at radius 2 is 2.06 bits per heavy atom. The molecule has 0 aliphatic rings. The van der Waals surface area contributed by atoms with Gasteiger partial charge in [-0.2, -0.15) is 0 Å². The SMILES string of the molecule is CCCCOc1c(C=O)cc(Cl)cc1OCC. The molecule has 0 heterocycles. The van der Waals surface area contributed by atoms with Gasteiger partial charge in [0.05, 0.1) is 18.8 Å². The highest BCUT2D eigenvalue weighted by Gasteiger charge is 2.12. The Bertz CT molecular complexity index is 377. The molecule has 0 unspecified atom stereocenters. The first-order valence-electron chi connectivity index (χ1n) is 5.77. The molecule has 1 rings (SSSR count). The van der Waals surface area contributed by atoms with Crippen LogP contribution in [0.3, 0.4) is 0 Å². The second kappa shape index (κ2) is 7.17. The monoisotopic (exact) mass is 256 g/mol. The summed E-state index contributed by atoms with van der Waals surface area (Å²) in [5.74, 6) is 1.01. The summed E-state index contributed by atoms with van der Waals surface area (Å²) in [5.41, 5.74) is 0.428. The summed E-state index contributed by atoms with van der Waals surface area (Å²) in [4.78, 5) is 11.0. The maximum Gasteiger partial charge on any atom is 0.171 e. The molecule has 0 bridgehead atoms. The summed E-state index contributed by atoms with van der Waals surface area (Å²) >= 11 is 5.90. The zero-order valence-electron chi connectivity index (χ0n) is 10.2. The first-order valence-corrected chi connectivity index (χ1v) is 6.15. The van der Waals surface area contributed by atoms with Crippen molar-refractivity contribution in [3.8, 4) is 11.5 Å². The van der Waals surface area contributed by atoms with Crippen LogP contribution in [0, 0.1) is 0 Å². The Kier molecular flexibility index (Phi) is 5.84. The van der Waals surface area contributed by atoms with E-state index in [1.165, 1.54) is 0 Å². The van der Waals surface area contributed by atoms with Crippen LogP contribution in [0.5, 0.6) is 11.5 Å². The highest BCUT2D eigenvalue weighted by atomic mass is 35.5. The van der Waals surface area contributed by atoms with Crippen LogP contribution in [0.1, 0.15) is 37.0 Å². The smallest absolute Gasteiger partial charge is 0.171 e. The molecule has 0 spiro atoms. The molecular weight excluding hydrogens is 240 g/mol. The number of hydrogen-bond acceptors (Lipinski definition) is 3. The Labute approximate surface area is 107 Å². The third kappa shape index (κ3) is 3.93. The quantitative estimate of drug-likeness (QED) is 0.551. The molecule has 0 aliphatic carbocycles. The average molecular weight is 257 g/mol. The van der Waals surface area contributed by atoms with E-state index in [0.29, 0.717) is 35.3 Å². The number of hydrogen-bond donors (Lipinski definition) is 0. The first kappa shape index (κ1) is 13.8. The van der Waals surface area contributed by atoms with Gasteiger partial charge < -0.3 is 9.47 Å². The Balaban J connectivity index is 2.98. The fourth-order valence-corrected chi connectivity index (χ4v) is 1.63. The molecule has 0 saturated carbocycles. The summed E-state index contributed by atoms with van der Waals surface area (Å²) in [6, 6.07) is 3.25. The van der Waals surface area contributed by atoms with Crippen molar-refractivity contribution in [2.24, 2.45) is 0 Å². The topological polar surface area (TPSA) is 35.5 Å². The van der Waals surface area contributed by atoms with E-state index in [-0.39, 0.29) is 0 Å². The minimum Gasteiger partial charge on any atom is -0.490 e. The lowest BCUT2D eigenvalue weighted by Crippen LogP contribution is -2.03. The minimum absolute atomic E-state index is 0.428. The maximum atomic E-state index is 11.0. The fourth-order valence-electron chi connectivity index (χ4n) is 1.41. The second-order valence-electron chi connectivity index (χ2n) is 3.58. The number of carbonyl (C=O) groups is 1. The molecule has 0 amide bonds. The maximum absolute atomic E-state index is 11.0. The first-order chi connectivity index (χ1) is 8.22. The van der Waals surface area contributed by atoms with E-state index < -0.39 is 0 Å². The molecule has 0 aromatic heterocycles. The lowest BCUT2D eigenvalue weighted by molar-refractivity contribution is 0.111. The van der Waals surface area contributed by atoms with E-state index in [4.69, 9.17) is 21.1 Å². The Morgan fingerprint density at radius 1 is 1.29 bits per heavy atom. The summed E-state index contributed by atoms with van der Waals surface area (Å²) in [6.45, 7) is 5.02. The number of benzene rings is 1. The molecule has 0 saturated heterocycles. The lowest BCUT2D eigenvalue weighted by atomic mass is 10.2. The number of rotatable bonds is 7. The van der Waals surface area contributed by atoms with Crippen LogP contribution in [-0.2, 0) is 0 Å². The molecule has 0 fully saturated rings. The third-order valence-corrected chi connectivity index (χ3v) is 2.44. The predicted molar refractivity (Wildman–Crippen MR) is 68.4 cm³/mol. The van der Waals surface area contributed by atoms with E-state index in [1.54, 1.807) is 12.1 Å². The van der Waals surface area contributed by atoms with E-state index >= 15 is 0 Å². The van der Waals surface area contributed by atoms with Gasteiger partial charge in [-0.3, -0.25) is 4.79 Å². The van der Waals surface area contributed by atoms with Crippen LogP contribution in [0.4, 0.5) is 0 Å². The van der Waals surface area contributed by atoms with Crippen LogP contribution >= 0.6 is 11.6 Å². The largest absolute Gasteiger partial charge is 0.490 e. The van der Waals surface area contributed by atoms with Crippen LogP contribution < -0.4 is 9.47 Å². The number of carbonyl (C=O) groups excluding carboxylic acids is 1. The third-order valence-electron chi connectivity index (χ3n) is 2.22. The molecule has 3 nitrogen and oxygen atoms in total. The zero-order valence-corrected chi connectivity index (χ0v) is 10.9. The van der Waals surface area contributed by atoms with Crippen molar-refractivity contribution in [3.63, 3.8) is 0 Å². The minimum atomic E-state index is 0.428. The van der Waals surface area contributed by atoms with Gasteiger partial charge >= 0.3 is 0 Å². The van der Waals surface area contributed by atoms with Crippen LogP contribution in [0.2, 0.25) is 5.02 Å². The van der Waals surface area contributed by atoms with Crippen molar-refractivity contribution >= 4 is 17.9 Å². The van der Waals surface area contributed by atoms with Crippen LogP contribution in [0.25, 0.3) is 0 Å².